The second-order valence-electron chi connectivity index (χ2n) is 15.9. The maximum atomic E-state index is 12.4. The first kappa shape index (κ1) is 61.4. The number of hydrogen-bond acceptors (Lipinski definition) is 18. The van der Waals surface area contributed by atoms with E-state index >= 15 is 0 Å². The maximum absolute atomic E-state index is 12.4. The van der Waals surface area contributed by atoms with Crippen LogP contribution in [0.4, 0.5) is 34.1 Å². The summed E-state index contributed by atoms with van der Waals surface area (Å²) in [6.45, 7) is 0.438. The number of nitro groups is 1. The van der Waals surface area contributed by atoms with Crippen LogP contribution in [0, 0.1) is 10.1 Å². The topological polar surface area (TPSA) is 367 Å². The fraction of sp³-hybridized carbons (Fsp3) is 0.388. The van der Waals surface area contributed by atoms with Gasteiger partial charge in [0.1, 0.15) is 30.4 Å². The molecule has 4 aromatic carbocycles. The Morgan fingerprint density at radius 1 is 0.712 bits per heavy atom. The summed E-state index contributed by atoms with van der Waals surface area (Å²) in [4.78, 5) is 78.7. The summed E-state index contributed by atoms with van der Waals surface area (Å²) >= 11 is 0. The van der Waals surface area contributed by atoms with E-state index in [1.54, 1.807) is 39.3 Å². The second kappa shape index (κ2) is 33.0. The summed E-state index contributed by atoms with van der Waals surface area (Å²) in [6.07, 6.45) is 3.34. The van der Waals surface area contributed by atoms with E-state index in [2.05, 4.69) is 53.3 Å². The van der Waals surface area contributed by atoms with Crippen LogP contribution in [0.5, 0.6) is 0 Å². The molecule has 24 nitrogen and oxygen atoms in total. The van der Waals surface area contributed by atoms with Crippen LogP contribution < -0.4 is 58.9 Å². The fourth-order valence-corrected chi connectivity index (χ4v) is 6.96. The Labute approximate surface area is 424 Å². The number of carbonyl (C=O) groups excluding carboxylic acids is 3. The van der Waals surface area contributed by atoms with Gasteiger partial charge in [-0.25, -0.2) is 0 Å². The van der Waals surface area contributed by atoms with Crippen molar-refractivity contribution < 1.29 is 53.7 Å². The number of aryl methyl sites for hydroxylation is 2. The number of nitro benzene ring substituents is 1. The number of nitrogens with two attached hydrogens (primary N) is 2. The highest BCUT2D eigenvalue weighted by Crippen LogP contribution is 2.27. The average molecular weight is 1020 g/mol. The van der Waals surface area contributed by atoms with Crippen molar-refractivity contribution in [1.82, 2.24) is 26.6 Å². The molecule has 0 fully saturated rings. The van der Waals surface area contributed by atoms with Gasteiger partial charge in [0.15, 0.2) is 0 Å². The van der Waals surface area contributed by atoms with E-state index < -0.39 is 46.9 Å². The van der Waals surface area contributed by atoms with E-state index in [0.29, 0.717) is 17.9 Å². The van der Waals surface area contributed by atoms with Crippen LogP contribution in [0.3, 0.4) is 0 Å². The number of aliphatic carboxylic acids is 3. The number of ether oxygens (including phenoxy) is 1. The molecule has 6 rings (SSSR count). The number of amides is 2. The molecule has 5 atom stereocenters. The SMILES string of the molecule is CN[C@@H](CN)C(=O)O.CN[C@@H](CNc1ccccc1N)C(=O)O.CN[C@@H](CNc1ccccc1[N+](=O)[O-])C(=O)O.CN[C@H]1CCc2ccccc2N(CC(=O)OC)C1=O.CN[C@H]1CCc2ccccc2NC1=O. The Bertz CT molecular complexity index is 2410. The smallest absolute Gasteiger partial charge is 0.325 e. The summed E-state index contributed by atoms with van der Waals surface area (Å²) in [6, 6.07) is 26.6. The number of hydrogen-bond donors (Lipinski definition) is 13. The first-order valence-corrected chi connectivity index (χ1v) is 23.1. The number of esters is 1. The highest BCUT2D eigenvalue weighted by atomic mass is 16.6. The van der Waals surface area contributed by atoms with Crippen molar-refractivity contribution in [3.63, 3.8) is 0 Å². The number of carbonyl (C=O) groups is 6. The van der Waals surface area contributed by atoms with Crippen LogP contribution in [0.15, 0.2) is 97.1 Å². The van der Waals surface area contributed by atoms with Gasteiger partial charge in [-0.15, -0.1) is 0 Å². The number of carboxylic acids is 3. The van der Waals surface area contributed by atoms with Crippen LogP contribution in [0.2, 0.25) is 0 Å². The van der Waals surface area contributed by atoms with Crippen LogP contribution in [-0.4, -0.2) is 155 Å². The quantitative estimate of drug-likeness (QED) is 0.0291. The van der Waals surface area contributed by atoms with Gasteiger partial charge in [-0.2, -0.15) is 0 Å². The Kier molecular flexibility index (Phi) is 27.8. The zero-order chi connectivity index (χ0) is 54.5. The Morgan fingerprint density at radius 2 is 1.19 bits per heavy atom. The van der Waals surface area contributed by atoms with Crippen LogP contribution in [0.1, 0.15) is 24.0 Å². The van der Waals surface area contributed by atoms with Crippen molar-refractivity contribution in [2.75, 3.05) is 95.1 Å². The molecule has 15 N–H and O–H groups in total. The molecule has 2 heterocycles. The highest BCUT2D eigenvalue weighted by Gasteiger charge is 2.31. The lowest BCUT2D eigenvalue weighted by atomic mass is 10.1. The first-order chi connectivity index (χ1) is 34.9. The minimum Gasteiger partial charge on any atom is -0.480 e. The molecule has 398 valence electrons. The largest absolute Gasteiger partial charge is 0.480 e. The van der Waals surface area contributed by atoms with Gasteiger partial charge in [0.2, 0.25) is 11.8 Å². The number of carboxylic acid groups (broad SMARTS) is 3. The number of para-hydroxylation sites is 6. The van der Waals surface area contributed by atoms with Gasteiger partial charge < -0.3 is 74.1 Å². The molecule has 2 aliphatic heterocycles. The molecule has 0 saturated carbocycles. The number of fused-ring (bicyclic) bond motifs is 2. The molecule has 73 heavy (non-hydrogen) atoms. The molecule has 24 heteroatoms. The minimum absolute atomic E-state index is 0.0511. The molecule has 0 bridgehead atoms. The molecular formula is C49H70N12O12. The normalized spacial score (nSPS) is 15.6. The van der Waals surface area contributed by atoms with Crippen LogP contribution >= 0.6 is 0 Å². The Morgan fingerprint density at radius 3 is 1.70 bits per heavy atom. The van der Waals surface area contributed by atoms with Crippen molar-refractivity contribution in [2.24, 2.45) is 5.73 Å². The number of likely N-dealkylation sites (N-methyl/N-ethyl adjacent to an activating group) is 5. The van der Waals surface area contributed by atoms with E-state index in [0.717, 1.165) is 48.3 Å². The molecule has 0 radical (unpaired) electrons. The Hall–Kier alpha value is -7.74. The lowest BCUT2D eigenvalue weighted by molar-refractivity contribution is -0.384. The van der Waals surface area contributed by atoms with Gasteiger partial charge in [-0.3, -0.25) is 43.8 Å². The summed E-state index contributed by atoms with van der Waals surface area (Å²) in [5, 5.41) is 59.0. The van der Waals surface area contributed by atoms with E-state index in [-0.39, 0.29) is 49.2 Å². The highest BCUT2D eigenvalue weighted by molar-refractivity contribution is 6.02. The number of methoxy groups -OCH3 is 1. The van der Waals surface area contributed by atoms with E-state index in [1.165, 1.54) is 36.8 Å². The molecule has 4 aromatic rings. The zero-order valence-electron chi connectivity index (χ0n) is 41.8. The number of nitrogen functional groups attached to an aromatic ring is 1. The van der Waals surface area contributed by atoms with Crippen LogP contribution in [-0.2, 0) is 46.3 Å². The van der Waals surface area contributed by atoms with Crippen molar-refractivity contribution in [1.29, 1.82) is 0 Å². The number of rotatable bonds is 18. The fourth-order valence-electron chi connectivity index (χ4n) is 6.96. The number of anilines is 5. The molecule has 0 aliphatic carbocycles. The summed E-state index contributed by atoms with van der Waals surface area (Å²) in [5.74, 6) is -3.25. The van der Waals surface area contributed by atoms with Gasteiger partial charge in [-0.1, -0.05) is 60.7 Å². The summed E-state index contributed by atoms with van der Waals surface area (Å²) in [5.41, 5.74) is 16.4. The molecule has 2 aliphatic rings. The predicted octanol–water partition coefficient (Wildman–Crippen LogP) is 1.54. The molecule has 0 spiro atoms. The molecule has 0 unspecified atom stereocenters. The van der Waals surface area contributed by atoms with Gasteiger partial charge in [0.05, 0.1) is 35.5 Å². The van der Waals surface area contributed by atoms with E-state index in [4.69, 9.17) is 26.8 Å². The average Bonchev–Trinajstić information content (AvgIpc) is 3.63. The molecular weight excluding hydrogens is 949 g/mol. The predicted molar refractivity (Wildman–Crippen MR) is 280 cm³/mol. The van der Waals surface area contributed by atoms with Gasteiger partial charge in [0, 0.05) is 37.1 Å². The lowest BCUT2D eigenvalue weighted by Gasteiger charge is -2.24. The summed E-state index contributed by atoms with van der Waals surface area (Å²) < 4.78 is 4.67. The molecule has 2 amide bonds. The second-order valence-corrected chi connectivity index (χ2v) is 15.9. The summed E-state index contributed by atoms with van der Waals surface area (Å²) in [7, 11) is 9.58. The van der Waals surface area contributed by atoms with E-state index in [9.17, 15) is 38.9 Å². The monoisotopic (exact) mass is 1020 g/mol. The van der Waals surface area contributed by atoms with Crippen LogP contribution in [0.25, 0.3) is 0 Å². The Balaban J connectivity index is 0.000000319. The number of nitrogens with zero attached hydrogens (tertiary/aromatic N) is 2. The van der Waals surface area contributed by atoms with E-state index in [1.807, 2.05) is 67.7 Å². The lowest BCUT2D eigenvalue weighted by Crippen LogP contribution is -2.46. The zero-order valence-corrected chi connectivity index (χ0v) is 41.8. The maximum Gasteiger partial charge on any atom is 0.325 e. The van der Waals surface area contributed by atoms with Gasteiger partial charge in [-0.05, 0) is 102 Å². The van der Waals surface area contributed by atoms with Crippen molar-refractivity contribution >= 4 is 69.8 Å². The third-order valence-electron chi connectivity index (χ3n) is 11.3. The first-order valence-electron chi connectivity index (χ1n) is 23.1. The van der Waals surface area contributed by atoms with Crippen molar-refractivity contribution in [3.05, 3.63) is 118 Å². The standard InChI is InChI=1S/C14H18N2O3.C11H14N2O.C10H13N3O4.C10H15N3O2.C4H10N2O2/c1-15-11-8-7-10-5-3-4-6-12(10)16(14(11)18)9-13(17)19-2;1-12-10-7-6-8-4-2-3-5-9(8)13-11(10)14;1-11-8(10(14)15)6-12-7-4-2-3-5-9(7)13(16)17;1-12-9(10(14)15)6-13-8-5-3-2-4-7(8)11;1-6-3(2-5)4(7)8/h3-6,11,15H,7-9H2,1-2H3;2-5,10,12H,6-7H2,1H3,(H,13,14);2-5,8,11-12H,6H2,1H3,(H,14,15);2-5,9,12-13H,6,11H2,1H3,(H,14,15);3,6H,2,5H2,1H3,(H,7,8)/t11-;10-;8-;9-;3-/m00000/s1. The molecule has 0 saturated heterocycles. The number of benzene rings is 4. The third kappa shape index (κ3) is 20.5. The molecule has 0 aromatic heterocycles. The minimum atomic E-state index is -1.02. The van der Waals surface area contributed by atoms with Crippen molar-refractivity contribution in [3.8, 4) is 0 Å². The van der Waals surface area contributed by atoms with Gasteiger partial charge in [0.25, 0.3) is 5.69 Å². The van der Waals surface area contributed by atoms with Gasteiger partial charge >= 0.3 is 23.9 Å². The number of nitrogens with one attached hydrogen (secondary N) is 8. The van der Waals surface area contributed by atoms with Crippen molar-refractivity contribution in [2.45, 2.75) is 55.9 Å². The third-order valence-corrected chi connectivity index (χ3v) is 11.3.